The quantitative estimate of drug-likeness (QED) is 0.799. The zero-order valence-electron chi connectivity index (χ0n) is 11.7. The number of hydrogen-bond donors (Lipinski definition) is 1. The van der Waals surface area contributed by atoms with Crippen LogP contribution in [0.1, 0.15) is 39.0 Å². The summed E-state index contributed by atoms with van der Waals surface area (Å²) in [6.07, 6.45) is 1.68. The number of pyridine rings is 1. The van der Waals surface area contributed by atoms with Crippen molar-refractivity contribution >= 4 is 12.6 Å². The zero-order valence-corrected chi connectivity index (χ0v) is 11.7. The van der Waals surface area contributed by atoms with Gasteiger partial charge in [-0.1, -0.05) is 0 Å². The van der Waals surface area contributed by atoms with Crippen molar-refractivity contribution in [3.8, 4) is 0 Å². The summed E-state index contributed by atoms with van der Waals surface area (Å²) in [5.41, 5.74) is 1.83. The number of aliphatic hydroxyl groups is 1. The van der Waals surface area contributed by atoms with Crippen LogP contribution in [-0.2, 0) is 15.9 Å². The van der Waals surface area contributed by atoms with Crippen LogP contribution in [0.2, 0.25) is 0 Å². The Morgan fingerprint density at radius 2 is 1.78 bits per heavy atom. The Bertz CT molecular complexity index is 444. The minimum atomic E-state index is -0.400. The van der Waals surface area contributed by atoms with Crippen LogP contribution in [0.15, 0.2) is 12.3 Å². The Morgan fingerprint density at radius 1 is 1.22 bits per heavy atom. The number of rotatable bonds is 2. The lowest BCUT2D eigenvalue weighted by atomic mass is 9.76. The fourth-order valence-electron chi connectivity index (χ4n) is 1.98. The van der Waals surface area contributed by atoms with Crippen molar-refractivity contribution in [1.29, 1.82) is 0 Å². The molecule has 1 N–H and O–H groups in total. The van der Waals surface area contributed by atoms with Crippen molar-refractivity contribution in [3.63, 3.8) is 0 Å². The van der Waals surface area contributed by atoms with Gasteiger partial charge in [-0.05, 0) is 51.7 Å². The van der Waals surface area contributed by atoms with Crippen molar-refractivity contribution in [2.24, 2.45) is 0 Å². The third kappa shape index (κ3) is 2.07. The van der Waals surface area contributed by atoms with Crippen LogP contribution in [0.4, 0.5) is 0 Å². The Kier molecular flexibility index (Phi) is 3.26. The fraction of sp³-hybridized carbons (Fsp3) is 0.615. The van der Waals surface area contributed by atoms with Crippen molar-refractivity contribution < 1.29 is 14.4 Å². The second-order valence-corrected chi connectivity index (χ2v) is 5.72. The first kappa shape index (κ1) is 13.5. The summed E-state index contributed by atoms with van der Waals surface area (Å²) in [4.78, 5) is 4.14. The van der Waals surface area contributed by atoms with Crippen molar-refractivity contribution in [3.05, 3.63) is 23.5 Å². The van der Waals surface area contributed by atoms with E-state index in [1.807, 2.05) is 40.7 Å². The van der Waals surface area contributed by atoms with Crippen LogP contribution in [0.25, 0.3) is 0 Å². The average molecular weight is 249 g/mol. The minimum Gasteiger partial charge on any atom is -0.399 e. The highest BCUT2D eigenvalue weighted by molar-refractivity contribution is 6.62. The van der Waals surface area contributed by atoms with Crippen molar-refractivity contribution in [1.82, 2.24) is 4.98 Å². The Hall–Kier alpha value is -0.905. The highest BCUT2D eigenvalue weighted by atomic mass is 16.7. The maximum Gasteiger partial charge on any atom is 0.495 e. The number of aliphatic hydroxyl groups excluding tert-OH is 1. The Labute approximate surface area is 108 Å². The minimum absolute atomic E-state index is 0.0703. The Morgan fingerprint density at radius 3 is 2.28 bits per heavy atom. The summed E-state index contributed by atoms with van der Waals surface area (Å²) >= 11 is 0. The molecule has 1 fully saturated rings. The molecule has 0 saturated carbocycles. The van der Waals surface area contributed by atoms with Crippen LogP contribution < -0.4 is 5.46 Å². The molecule has 0 atom stereocenters. The van der Waals surface area contributed by atoms with E-state index < -0.39 is 7.12 Å². The van der Waals surface area contributed by atoms with Gasteiger partial charge in [0.2, 0.25) is 0 Å². The molecule has 1 aromatic rings. The first-order valence-corrected chi connectivity index (χ1v) is 6.19. The third-order valence-electron chi connectivity index (χ3n) is 4.01. The maximum atomic E-state index is 9.25. The lowest BCUT2D eigenvalue weighted by Gasteiger charge is -2.32. The van der Waals surface area contributed by atoms with Gasteiger partial charge < -0.3 is 14.4 Å². The second-order valence-electron chi connectivity index (χ2n) is 5.72. The third-order valence-corrected chi connectivity index (χ3v) is 4.01. The Balaban J connectivity index is 2.35. The highest BCUT2D eigenvalue weighted by Crippen LogP contribution is 2.36. The first-order chi connectivity index (χ1) is 8.28. The van der Waals surface area contributed by atoms with E-state index in [-0.39, 0.29) is 17.8 Å². The summed E-state index contributed by atoms with van der Waals surface area (Å²) in [5.74, 6) is 0. The van der Waals surface area contributed by atoms with Crippen molar-refractivity contribution in [2.75, 3.05) is 0 Å². The summed E-state index contributed by atoms with van der Waals surface area (Å²) in [6, 6.07) is 1.89. The van der Waals surface area contributed by atoms with E-state index >= 15 is 0 Å². The van der Waals surface area contributed by atoms with Gasteiger partial charge >= 0.3 is 7.12 Å². The molecule has 0 radical (unpaired) electrons. The molecule has 0 spiro atoms. The SMILES string of the molecule is Cc1c(B2OC(C)(C)C(C)(C)O2)ccnc1CO. The largest absolute Gasteiger partial charge is 0.495 e. The molecule has 4 nitrogen and oxygen atoms in total. The second kappa shape index (κ2) is 4.33. The zero-order chi connectivity index (χ0) is 13.6. The van der Waals surface area contributed by atoms with Gasteiger partial charge in [-0.15, -0.1) is 0 Å². The molecule has 18 heavy (non-hydrogen) atoms. The van der Waals surface area contributed by atoms with Gasteiger partial charge in [0.25, 0.3) is 0 Å². The molecule has 0 amide bonds. The van der Waals surface area contributed by atoms with E-state index in [0.717, 1.165) is 11.0 Å². The molecule has 1 aromatic heterocycles. The molecule has 2 heterocycles. The van der Waals surface area contributed by atoms with E-state index in [1.165, 1.54) is 0 Å². The summed E-state index contributed by atoms with van der Waals surface area (Å²) in [6.45, 7) is 9.96. The van der Waals surface area contributed by atoms with Gasteiger partial charge in [0, 0.05) is 6.20 Å². The summed E-state index contributed by atoms with van der Waals surface area (Å²) in [5, 5.41) is 9.25. The van der Waals surface area contributed by atoms with Gasteiger partial charge in [0.15, 0.2) is 0 Å². The molecule has 0 unspecified atom stereocenters. The smallest absolute Gasteiger partial charge is 0.399 e. The van der Waals surface area contributed by atoms with Gasteiger partial charge in [-0.25, -0.2) is 0 Å². The van der Waals surface area contributed by atoms with E-state index in [9.17, 15) is 5.11 Å². The van der Waals surface area contributed by atoms with Gasteiger partial charge in [-0.3, -0.25) is 4.98 Å². The maximum absolute atomic E-state index is 9.25. The number of nitrogens with zero attached hydrogens (tertiary/aromatic N) is 1. The van der Waals surface area contributed by atoms with Crippen molar-refractivity contribution in [2.45, 2.75) is 52.4 Å². The fourth-order valence-corrected chi connectivity index (χ4v) is 1.98. The molecule has 1 aliphatic heterocycles. The molecular weight excluding hydrogens is 229 g/mol. The van der Waals surface area contributed by atoms with Crippen LogP contribution >= 0.6 is 0 Å². The molecule has 2 rings (SSSR count). The number of aromatic nitrogens is 1. The first-order valence-electron chi connectivity index (χ1n) is 6.19. The van der Waals surface area contributed by atoms with E-state index in [0.29, 0.717) is 5.69 Å². The molecule has 0 aromatic carbocycles. The van der Waals surface area contributed by atoms with Crippen LogP contribution in [-0.4, -0.2) is 28.4 Å². The molecule has 1 saturated heterocycles. The number of hydrogen-bond acceptors (Lipinski definition) is 4. The van der Waals surface area contributed by atoms with Crippen LogP contribution in [0, 0.1) is 6.92 Å². The molecule has 1 aliphatic rings. The standard InChI is InChI=1S/C13H20BNO3/c1-9-10(6-7-15-11(9)8-16)14-17-12(2,3)13(4,5)18-14/h6-7,16H,8H2,1-5H3. The predicted octanol–water partition coefficient (Wildman–Crippen LogP) is 1.18. The lowest BCUT2D eigenvalue weighted by Crippen LogP contribution is -2.41. The van der Waals surface area contributed by atoms with Gasteiger partial charge in [0.05, 0.1) is 23.5 Å². The van der Waals surface area contributed by atoms with E-state index in [1.54, 1.807) is 6.20 Å². The lowest BCUT2D eigenvalue weighted by molar-refractivity contribution is 0.00578. The molecule has 5 heteroatoms. The van der Waals surface area contributed by atoms with Crippen LogP contribution in [0.5, 0.6) is 0 Å². The summed E-state index contributed by atoms with van der Waals surface area (Å²) < 4.78 is 12.0. The normalized spacial score (nSPS) is 21.3. The predicted molar refractivity (Wildman–Crippen MR) is 70.6 cm³/mol. The highest BCUT2D eigenvalue weighted by Gasteiger charge is 2.52. The molecule has 0 bridgehead atoms. The summed E-state index contributed by atoms with van der Waals surface area (Å²) in [7, 11) is -0.400. The molecule has 98 valence electrons. The average Bonchev–Trinajstić information content (AvgIpc) is 2.48. The molecule has 0 aliphatic carbocycles. The van der Waals surface area contributed by atoms with Gasteiger partial charge in [-0.2, -0.15) is 0 Å². The topological polar surface area (TPSA) is 51.6 Å². The van der Waals surface area contributed by atoms with Gasteiger partial charge in [0.1, 0.15) is 0 Å². The molecular formula is C13H20BNO3. The van der Waals surface area contributed by atoms with E-state index in [4.69, 9.17) is 9.31 Å². The van der Waals surface area contributed by atoms with Crippen LogP contribution in [0.3, 0.4) is 0 Å². The van der Waals surface area contributed by atoms with E-state index in [2.05, 4.69) is 4.98 Å². The monoisotopic (exact) mass is 249 g/mol.